The average Bonchev–Trinajstić information content (AvgIpc) is 3.18. The van der Waals surface area contributed by atoms with Gasteiger partial charge in [0.25, 0.3) is 5.91 Å². The van der Waals surface area contributed by atoms with Gasteiger partial charge in [-0.15, -0.1) is 0 Å². The van der Waals surface area contributed by atoms with Crippen molar-refractivity contribution >= 4 is 11.9 Å². The van der Waals surface area contributed by atoms with Crippen molar-refractivity contribution in [1.29, 1.82) is 0 Å². The number of carbonyl (C=O) groups excluding carboxylic acids is 1. The van der Waals surface area contributed by atoms with Gasteiger partial charge in [0.15, 0.2) is 11.7 Å². The van der Waals surface area contributed by atoms with Crippen molar-refractivity contribution < 1.29 is 9.21 Å². The van der Waals surface area contributed by atoms with Crippen molar-refractivity contribution in [3.63, 3.8) is 0 Å². The predicted octanol–water partition coefficient (Wildman–Crippen LogP) is 0.349. The molecule has 0 saturated heterocycles. The molecule has 0 bridgehead atoms. The molecule has 2 aromatic heterocycles. The normalized spacial score (nSPS) is 17.2. The third-order valence-corrected chi connectivity index (χ3v) is 3.95. The number of rotatable bonds is 5. The largest absolute Gasteiger partial charge is 0.454 e. The molecule has 1 atom stereocenters. The van der Waals surface area contributed by atoms with Gasteiger partial charge < -0.3 is 20.8 Å². The standard InChI is InChI=1S/C16H23N7O2/c1-3-18-16(19-8-12-5-6-13(25-12)15(17)24)21-11-4-7-14-20-10(2)22-23(14)9-11/h5-6,11H,3-4,7-9H2,1-2H3,(H2,17,24)(H2,18,19,21). The van der Waals surface area contributed by atoms with Crippen molar-refractivity contribution in [3.8, 4) is 0 Å². The molecule has 2 aromatic rings. The first-order chi connectivity index (χ1) is 12.0. The summed E-state index contributed by atoms with van der Waals surface area (Å²) in [6, 6.07) is 3.49. The molecular weight excluding hydrogens is 322 g/mol. The van der Waals surface area contributed by atoms with E-state index in [-0.39, 0.29) is 11.8 Å². The molecule has 3 heterocycles. The topological polar surface area (TPSA) is 123 Å². The zero-order valence-electron chi connectivity index (χ0n) is 14.5. The minimum atomic E-state index is -0.582. The van der Waals surface area contributed by atoms with Gasteiger partial charge in [-0.1, -0.05) is 0 Å². The minimum Gasteiger partial charge on any atom is -0.454 e. The van der Waals surface area contributed by atoms with Gasteiger partial charge >= 0.3 is 0 Å². The molecule has 1 unspecified atom stereocenters. The van der Waals surface area contributed by atoms with E-state index in [1.165, 1.54) is 0 Å². The van der Waals surface area contributed by atoms with E-state index < -0.39 is 5.91 Å². The van der Waals surface area contributed by atoms with Crippen LogP contribution < -0.4 is 16.4 Å². The van der Waals surface area contributed by atoms with E-state index >= 15 is 0 Å². The highest BCUT2D eigenvalue weighted by Crippen LogP contribution is 2.13. The molecule has 1 aliphatic rings. The Labute approximate surface area is 145 Å². The zero-order chi connectivity index (χ0) is 17.8. The Morgan fingerprint density at radius 3 is 3.08 bits per heavy atom. The third-order valence-electron chi connectivity index (χ3n) is 3.95. The highest BCUT2D eigenvalue weighted by Gasteiger charge is 2.21. The number of guanidine groups is 1. The van der Waals surface area contributed by atoms with Crippen LogP contribution in [0, 0.1) is 6.92 Å². The molecule has 0 aliphatic carbocycles. The van der Waals surface area contributed by atoms with Crippen LogP contribution in [0.15, 0.2) is 21.5 Å². The molecule has 9 heteroatoms. The summed E-state index contributed by atoms with van der Waals surface area (Å²) in [6.07, 6.45) is 1.85. The quantitative estimate of drug-likeness (QED) is 0.531. The Hall–Kier alpha value is -2.84. The van der Waals surface area contributed by atoms with Gasteiger partial charge in [0.05, 0.1) is 6.54 Å². The number of aliphatic imine (C=N–C) groups is 1. The van der Waals surface area contributed by atoms with E-state index in [1.807, 2.05) is 18.5 Å². The Balaban J connectivity index is 1.63. The average molecular weight is 345 g/mol. The highest BCUT2D eigenvalue weighted by atomic mass is 16.3. The monoisotopic (exact) mass is 345 g/mol. The summed E-state index contributed by atoms with van der Waals surface area (Å²) >= 11 is 0. The lowest BCUT2D eigenvalue weighted by Crippen LogP contribution is -2.47. The fourth-order valence-electron chi connectivity index (χ4n) is 2.82. The Morgan fingerprint density at radius 2 is 2.36 bits per heavy atom. The molecule has 0 spiro atoms. The summed E-state index contributed by atoms with van der Waals surface area (Å²) in [5.41, 5.74) is 5.19. The summed E-state index contributed by atoms with van der Waals surface area (Å²) in [5.74, 6) is 2.69. The van der Waals surface area contributed by atoms with E-state index in [2.05, 4.69) is 25.7 Å². The van der Waals surface area contributed by atoms with E-state index in [1.54, 1.807) is 12.1 Å². The number of primary amides is 1. The summed E-state index contributed by atoms with van der Waals surface area (Å²) < 4.78 is 7.30. The Kier molecular flexibility index (Phi) is 5.01. The van der Waals surface area contributed by atoms with Gasteiger partial charge in [-0.3, -0.25) is 4.79 Å². The van der Waals surface area contributed by atoms with Crippen LogP contribution in [0.2, 0.25) is 0 Å². The van der Waals surface area contributed by atoms with E-state index in [9.17, 15) is 4.79 Å². The fraction of sp³-hybridized carbons (Fsp3) is 0.500. The first-order valence-corrected chi connectivity index (χ1v) is 8.39. The third kappa shape index (κ3) is 4.17. The van der Waals surface area contributed by atoms with Crippen molar-refractivity contribution in [2.75, 3.05) is 6.54 Å². The van der Waals surface area contributed by atoms with Gasteiger partial charge in [-0.25, -0.2) is 14.7 Å². The molecule has 0 aromatic carbocycles. The lowest BCUT2D eigenvalue weighted by atomic mass is 10.1. The van der Waals surface area contributed by atoms with Gasteiger partial charge in [-0.05, 0) is 32.4 Å². The molecule has 0 fully saturated rings. The van der Waals surface area contributed by atoms with E-state index in [0.717, 1.165) is 37.6 Å². The van der Waals surface area contributed by atoms with Crippen molar-refractivity contribution in [2.45, 2.75) is 45.8 Å². The van der Waals surface area contributed by atoms with Crippen molar-refractivity contribution in [2.24, 2.45) is 10.7 Å². The van der Waals surface area contributed by atoms with Crippen LogP contribution in [-0.2, 0) is 19.5 Å². The summed E-state index contributed by atoms with van der Waals surface area (Å²) in [5, 5.41) is 11.1. The number of carbonyl (C=O) groups is 1. The second-order valence-electron chi connectivity index (χ2n) is 5.96. The van der Waals surface area contributed by atoms with Crippen LogP contribution >= 0.6 is 0 Å². The van der Waals surface area contributed by atoms with Crippen LogP contribution in [0.1, 0.15) is 41.3 Å². The number of aromatic nitrogens is 3. The smallest absolute Gasteiger partial charge is 0.284 e. The lowest BCUT2D eigenvalue weighted by Gasteiger charge is -2.25. The van der Waals surface area contributed by atoms with Crippen molar-refractivity contribution in [1.82, 2.24) is 25.4 Å². The molecule has 0 radical (unpaired) electrons. The number of furan rings is 1. The molecule has 134 valence electrons. The van der Waals surface area contributed by atoms with Crippen molar-refractivity contribution in [3.05, 3.63) is 35.3 Å². The number of aryl methyl sites for hydroxylation is 2. The maximum absolute atomic E-state index is 11.1. The van der Waals surface area contributed by atoms with Crippen LogP contribution in [-0.4, -0.2) is 39.2 Å². The number of nitrogens with zero attached hydrogens (tertiary/aromatic N) is 4. The first-order valence-electron chi connectivity index (χ1n) is 8.39. The van der Waals surface area contributed by atoms with E-state index in [4.69, 9.17) is 10.2 Å². The van der Waals surface area contributed by atoms with Crippen LogP contribution in [0.25, 0.3) is 0 Å². The second kappa shape index (κ2) is 7.37. The van der Waals surface area contributed by atoms with Gasteiger partial charge in [0, 0.05) is 19.0 Å². The van der Waals surface area contributed by atoms with Gasteiger partial charge in [0.2, 0.25) is 0 Å². The van der Waals surface area contributed by atoms with Gasteiger partial charge in [0.1, 0.15) is 24.0 Å². The van der Waals surface area contributed by atoms with Gasteiger partial charge in [-0.2, -0.15) is 5.10 Å². The maximum Gasteiger partial charge on any atom is 0.284 e. The molecule has 4 N–H and O–H groups in total. The predicted molar refractivity (Wildman–Crippen MR) is 92.0 cm³/mol. The SMILES string of the molecule is CCNC(=NCc1ccc(C(N)=O)o1)NC1CCc2nc(C)nn2C1. The number of fused-ring (bicyclic) bond motifs is 1. The van der Waals surface area contributed by atoms with Crippen LogP contribution in [0.3, 0.4) is 0 Å². The molecule has 3 rings (SSSR count). The number of hydrogen-bond acceptors (Lipinski definition) is 5. The summed E-state index contributed by atoms with van der Waals surface area (Å²) in [4.78, 5) is 20.0. The summed E-state index contributed by atoms with van der Waals surface area (Å²) in [7, 11) is 0. The molecule has 1 aliphatic heterocycles. The Bertz CT molecular complexity index is 777. The fourth-order valence-corrected chi connectivity index (χ4v) is 2.82. The molecular formula is C16H23N7O2. The maximum atomic E-state index is 11.1. The second-order valence-corrected chi connectivity index (χ2v) is 5.96. The molecule has 1 amide bonds. The first kappa shape index (κ1) is 17.0. The lowest BCUT2D eigenvalue weighted by molar-refractivity contribution is 0.0972. The molecule has 0 saturated carbocycles. The number of nitrogens with one attached hydrogen (secondary N) is 2. The van der Waals surface area contributed by atoms with Crippen LogP contribution in [0.5, 0.6) is 0 Å². The minimum absolute atomic E-state index is 0.143. The highest BCUT2D eigenvalue weighted by molar-refractivity contribution is 5.89. The Morgan fingerprint density at radius 1 is 1.52 bits per heavy atom. The molecule has 25 heavy (non-hydrogen) atoms. The zero-order valence-corrected chi connectivity index (χ0v) is 14.5. The summed E-state index contributed by atoms with van der Waals surface area (Å²) in [6.45, 7) is 5.74. The number of amides is 1. The van der Waals surface area contributed by atoms with Crippen LogP contribution in [0.4, 0.5) is 0 Å². The number of hydrogen-bond donors (Lipinski definition) is 3. The molecule has 9 nitrogen and oxygen atoms in total. The van der Waals surface area contributed by atoms with E-state index in [0.29, 0.717) is 18.3 Å². The number of nitrogens with two attached hydrogens (primary N) is 1.